The highest BCUT2D eigenvalue weighted by Gasteiger charge is 2.38. The van der Waals surface area contributed by atoms with Crippen LogP contribution in [0.2, 0.25) is 0 Å². The van der Waals surface area contributed by atoms with E-state index in [2.05, 4.69) is 10.6 Å². The molecule has 1 aliphatic rings. The molecule has 204 valence electrons. The van der Waals surface area contributed by atoms with Crippen LogP contribution < -0.4 is 10.6 Å². The Morgan fingerprint density at radius 2 is 1.45 bits per heavy atom. The van der Waals surface area contributed by atoms with Crippen molar-refractivity contribution in [2.45, 2.75) is 70.2 Å². The predicted octanol–water partition coefficient (Wildman–Crippen LogP) is 3.01. The molecule has 3 rings (SSSR count). The van der Waals surface area contributed by atoms with Gasteiger partial charge in [-0.2, -0.15) is 0 Å². The zero-order valence-corrected chi connectivity index (χ0v) is 22.4. The minimum atomic E-state index is -0.978. The van der Waals surface area contributed by atoms with E-state index in [9.17, 15) is 19.2 Å². The van der Waals surface area contributed by atoms with Crippen molar-refractivity contribution < 1.29 is 28.7 Å². The second-order valence-corrected chi connectivity index (χ2v) is 10.4. The van der Waals surface area contributed by atoms with Crippen molar-refractivity contribution in [2.75, 3.05) is 13.7 Å². The first kappa shape index (κ1) is 28.7. The summed E-state index contributed by atoms with van der Waals surface area (Å²) in [6, 6.07) is 15.9. The van der Waals surface area contributed by atoms with Gasteiger partial charge in [-0.25, -0.2) is 9.59 Å². The van der Waals surface area contributed by atoms with Crippen LogP contribution in [-0.4, -0.2) is 66.2 Å². The SMILES string of the molecule is COC(=O)[C@H](Cc1ccccc1)NC(=O)[C@H](Cc1ccccc1)NC(=O)[C@@H]1CCCN1C(=O)OC(C)(C)C. The number of hydrogen-bond acceptors (Lipinski definition) is 6. The lowest BCUT2D eigenvalue weighted by Gasteiger charge is -2.29. The molecule has 9 heteroatoms. The molecule has 0 saturated carbocycles. The van der Waals surface area contributed by atoms with Crippen molar-refractivity contribution >= 4 is 23.9 Å². The number of carbonyl (C=O) groups excluding carboxylic acids is 4. The van der Waals surface area contributed by atoms with Crippen LogP contribution in [0.3, 0.4) is 0 Å². The molecular weight excluding hydrogens is 486 g/mol. The zero-order valence-electron chi connectivity index (χ0n) is 22.4. The molecule has 3 atom stereocenters. The van der Waals surface area contributed by atoms with Gasteiger partial charge in [0.05, 0.1) is 7.11 Å². The van der Waals surface area contributed by atoms with Gasteiger partial charge in [-0.15, -0.1) is 0 Å². The molecule has 9 nitrogen and oxygen atoms in total. The van der Waals surface area contributed by atoms with Gasteiger partial charge in [0, 0.05) is 19.4 Å². The summed E-state index contributed by atoms with van der Waals surface area (Å²) in [6.45, 7) is 5.69. The van der Waals surface area contributed by atoms with Crippen LogP contribution in [-0.2, 0) is 36.7 Å². The Balaban J connectivity index is 1.78. The molecule has 38 heavy (non-hydrogen) atoms. The van der Waals surface area contributed by atoms with Crippen LogP contribution >= 0.6 is 0 Å². The van der Waals surface area contributed by atoms with E-state index in [0.29, 0.717) is 19.4 Å². The van der Waals surface area contributed by atoms with E-state index >= 15 is 0 Å². The number of rotatable bonds is 9. The van der Waals surface area contributed by atoms with Crippen molar-refractivity contribution in [3.63, 3.8) is 0 Å². The number of amides is 3. The molecule has 0 aliphatic carbocycles. The number of likely N-dealkylation sites (tertiary alicyclic amines) is 1. The number of ether oxygens (including phenoxy) is 2. The number of esters is 1. The van der Waals surface area contributed by atoms with Gasteiger partial charge in [-0.05, 0) is 44.7 Å². The highest BCUT2D eigenvalue weighted by molar-refractivity contribution is 5.93. The third-order valence-corrected chi connectivity index (χ3v) is 6.18. The van der Waals surface area contributed by atoms with Crippen molar-refractivity contribution in [3.05, 3.63) is 71.8 Å². The monoisotopic (exact) mass is 523 g/mol. The van der Waals surface area contributed by atoms with Crippen LogP contribution in [0.15, 0.2) is 60.7 Å². The van der Waals surface area contributed by atoms with E-state index in [0.717, 1.165) is 11.1 Å². The van der Waals surface area contributed by atoms with Gasteiger partial charge >= 0.3 is 12.1 Å². The molecule has 1 heterocycles. The van der Waals surface area contributed by atoms with Crippen LogP contribution in [0.25, 0.3) is 0 Å². The summed E-state index contributed by atoms with van der Waals surface area (Å²) in [6.07, 6.45) is 0.988. The quantitative estimate of drug-likeness (QED) is 0.489. The van der Waals surface area contributed by atoms with Gasteiger partial charge in [0.1, 0.15) is 23.7 Å². The number of benzene rings is 2. The summed E-state index contributed by atoms with van der Waals surface area (Å²) in [5.41, 5.74) is 0.991. The van der Waals surface area contributed by atoms with E-state index in [1.165, 1.54) is 12.0 Å². The summed E-state index contributed by atoms with van der Waals surface area (Å²) in [5.74, 6) is -1.55. The molecule has 0 spiro atoms. The first-order valence-electron chi connectivity index (χ1n) is 12.8. The molecule has 1 saturated heterocycles. The molecule has 2 N–H and O–H groups in total. The third-order valence-electron chi connectivity index (χ3n) is 6.18. The smallest absolute Gasteiger partial charge is 0.410 e. The normalized spacial score (nSPS) is 16.7. The Kier molecular flexibility index (Phi) is 9.87. The summed E-state index contributed by atoms with van der Waals surface area (Å²) in [7, 11) is 1.26. The average Bonchev–Trinajstić information content (AvgIpc) is 3.38. The largest absolute Gasteiger partial charge is 0.467 e. The molecule has 1 aliphatic heterocycles. The van der Waals surface area contributed by atoms with Crippen LogP contribution in [0.5, 0.6) is 0 Å². The summed E-state index contributed by atoms with van der Waals surface area (Å²) in [5, 5.41) is 5.59. The Bertz CT molecular complexity index is 1100. The molecule has 1 fully saturated rings. The minimum absolute atomic E-state index is 0.205. The summed E-state index contributed by atoms with van der Waals surface area (Å²) >= 11 is 0. The number of carbonyl (C=O) groups is 4. The molecular formula is C29H37N3O6. The van der Waals surface area contributed by atoms with Gasteiger partial charge in [0.2, 0.25) is 11.8 Å². The Morgan fingerprint density at radius 1 is 0.895 bits per heavy atom. The average molecular weight is 524 g/mol. The number of hydrogen-bond donors (Lipinski definition) is 2. The highest BCUT2D eigenvalue weighted by Crippen LogP contribution is 2.21. The molecule has 0 radical (unpaired) electrons. The molecule has 2 aromatic carbocycles. The lowest BCUT2D eigenvalue weighted by molar-refractivity contribution is -0.145. The van der Waals surface area contributed by atoms with Gasteiger partial charge in [-0.3, -0.25) is 14.5 Å². The van der Waals surface area contributed by atoms with Crippen LogP contribution in [0, 0.1) is 0 Å². The van der Waals surface area contributed by atoms with Gasteiger partial charge < -0.3 is 20.1 Å². The number of nitrogens with zero attached hydrogens (tertiary/aromatic N) is 1. The molecule has 0 aromatic heterocycles. The second-order valence-electron chi connectivity index (χ2n) is 10.4. The maximum absolute atomic E-state index is 13.5. The van der Waals surface area contributed by atoms with Crippen LogP contribution in [0.4, 0.5) is 4.79 Å². The van der Waals surface area contributed by atoms with Crippen molar-refractivity contribution in [3.8, 4) is 0 Å². The fraction of sp³-hybridized carbons (Fsp3) is 0.448. The van der Waals surface area contributed by atoms with Gasteiger partial charge in [0.15, 0.2) is 0 Å². The first-order chi connectivity index (χ1) is 18.1. The topological polar surface area (TPSA) is 114 Å². The van der Waals surface area contributed by atoms with E-state index in [4.69, 9.17) is 9.47 Å². The van der Waals surface area contributed by atoms with Crippen molar-refractivity contribution in [2.24, 2.45) is 0 Å². The predicted molar refractivity (Wildman–Crippen MR) is 142 cm³/mol. The summed E-state index contributed by atoms with van der Waals surface area (Å²) < 4.78 is 10.4. The van der Waals surface area contributed by atoms with E-state index in [1.807, 2.05) is 60.7 Å². The first-order valence-corrected chi connectivity index (χ1v) is 12.8. The Labute approximate surface area is 223 Å². The van der Waals surface area contributed by atoms with Gasteiger partial charge in [-0.1, -0.05) is 60.7 Å². The second kappa shape index (κ2) is 13.1. The lowest BCUT2D eigenvalue weighted by Crippen LogP contribution is -2.56. The number of nitrogens with one attached hydrogen (secondary N) is 2. The maximum atomic E-state index is 13.5. The fourth-order valence-corrected chi connectivity index (χ4v) is 4.36. The molecule has 2 aromatic rings. The number of methoxy groups -OCH3 is 1. The minimum Gasteiger partial charge on any atom is -0.467 e. The van der Waals surface area contributed by atoms with Crippen molar-refractivity contribution in [1.29, 1.82) is 0 Å². The van der Waals surface area contributed by atoms with E-state index in [-0.39, 0.29) is 12.8 Å². The third kappa shape index (κ3) is 8.33. The van der Waals surface area contributed by atoms with E-state index < -0.39 is 47.6 Å². The zero-order chi connectivity index (χ0) is 27.7. The molecule has 0 unspecified atom stereocenters. The standard InChI is InChI=1S/C29H37N3O6/c1-29(2,3)38-28(36)32-17-11-16-24(32)26(34)30-22(18-20-12-7-5-8-13-20)25(33)31-23(27(35)37-4)19-21-14-9-6-10-15-21/h5-10,12-15,22-24H,11,16-19H2,1-4H3,(H,30,34)(H,31,33)/t22-,23-,24-/m0/s1. The maximum Gasteiger partial charge on any atom is 0.410 e. The van der Waals surface area contributed by atoms with Crippen LogP contribution in [0.1, 0.15) is 44.7 Å². The fourth-order valence-electron chi connectivity index (χ4n) is 4.36. The Morgan fingerprint density at radius 3 is 1.97 bits per heavy atom. The van der Waals surface area contributed by atoms with E-state index in [1.54, 1.807) is 20.8 Å². The highest BCUT2D eigenvalue weighted by atomic mass is 16.6. The summed E-state index contributed by atoms with van der Waals surface area (Å²) in [4.78, 5) is 53.5. The van der Waals surface area contributed by atoms with Crippen molar-refractivity contribution in [1.82, 2.24) is 15.5 Å². The Hall–Kier alpha value is -3.88. The molecule has 3 amide bonds. The lowest BCUT2D eigenvalue weighted by atomic mass is 10.0. The molecule has 0 bridgehead atoms. The van der Waals surface area contributed by atoms with Gasteiger partial charge in [0.25, 0.3) is 0 Å².